The first-order valence-corrected chi connectivity index (χ1v) is 9.85. The molecule has 2 fully saturated rings. The number of amides is 2. The Balaban J connectivity index is 0.000000360. The number of carbonyl (C=O) groups is 3. The predicted molar refractivity (Wildman–Crippen MR) is 104 cm³/mol. The van der Waals surface area contributed by atoms with Crippen molar-refractivity contribution in [2.75, 3.05) is 19.6 Å². The van der Waals surface area contributed by atoms with Gasteiger partial charge in [0.1, 0.15) is 5.69 Å². The number of hydrogen-bond acceptors (Lipinski definition) is 5. The maximum absolute atomic E-state index is 12.9. The first-order valence-electron chi connectivity index (χ1n) is 9.85. The zero-order valence-electron chi connectivity index (χ0n) is 17.2. The largest absolute Gasteiger partial charge is 0.490 e. The summed E-state index contributed by atoms with van der Waals surface area (Å²) in [6, 6.07) is 5.62. The Kier molecular flexibility index (Phi) is 6.80. The van der Waals surface area contributed by atoms with Gasteiger partial charge in [0.15, 0.2) is 0 Å². The minimum Gasteiger partial charge on any atom is -0.475 e. The van der Waals surface area contributed by atoms with Crippen LogP contribution in [0.4, 0.5) is 13.2 Å². The van der Waals surface area contributed by atoms with Gasteiger partial charge in [0, 0.05) is 44.3 Å². The Morgan fingerprint density at radius 2 is 2.03 bits per heavy atom. The van der Waals surface area contributed by atoms with E-state index in [0.29, 0.717) is 25.3 Å². The lowest BCUT2D eigenvalue weighted by Crippen LogP contribution is -2.44. The molecule has 0 spiro atoms. The molecular formula is C20H22F3N5O4. The van der Waals surface area contributed by atoms with Gasteiger partial charge in [0.2, 0.25) is 5.91 Å². The number of H-pyrrole nitrogens is 1. The summed E-state index contributed by atoms with van der Waals surface area (Å²) in [7, 11) is 0. The van der Waals surface area contributed by atoms with Crippen molar-refractivity contribution in [1.29, 1.82) is 0 Å². The van der Waals surface area contributed by atoms with Crippen molar-refractivity contribution in [2.24, 2.45) is 11.8 Å². The topological polar surface area (TPSA) is 119 Å². The highest BCUT2D eigenvalue weighted by Gasteiger charge is 2.44. The smallest absolute Gasteiger partial charge is 0.475 e. The Labute approximate surface area is 181 Å². The molecule has 2 aliphatic heterocycles. The van der Waals surface area contributed by atoms with Crippen molar-refractivity contribution in [2.45, 2.75) is 26.1 Å². The van der Waals surface area contributed by atoms with Crippen molar-refractivity contribution in [1.82, 2.24) is 25.0 Å². The molecule has 0 aromatic carbocycles. The van der Waals surface area contributed by atoms with Crippen LogP contribution in [0.5, 0.6) is 0 Å². The minimum atomic E-state index is -5.08. The van der Waals surface area contributed by atoms with Gasteiger partial charge in [0.05, 0.1) is 5.92 Å². The van der Waals surface area contributed by atoms with Crippen LogP contribution in [0.25, 0.3) is 0 Å². The highest BCUT2D eigenvalue weighted by atomic mass is 19.4. The number of carboxylic acid groups (broad SMARTS) is 1. The lowest BCUT2D eigenvalue weighted by molar-refractivity contribution is -0.192. The van der Waals surface area contributed by atoms with E-state index < -0.39 is 12.1 Å². The Morgan fingerprint density at radius 1 is 1.31 bits per heavy atom. The summed E-state index contributed by atoms with van der Waals surface area (Å²) < 4.78 is 31.7. The number of fused-ring (bicyclic) bond motifs is 1. The summed E-state index contributed by atoms with van der Waals surface area (Å²) >= 11 is 0. The molecule has 2 aliphatic rings. The maximum Gasteiger partial charge on any atom is 0.490 e. The molecule has 2 aromatic rings. The lowest BCUT2D eigenvalue weighted by Gasteiger charge is -2.33. The number of nitrogens with zero attached hydrogens (tertiary/aromatic N) is 4. The summed E-state index contributed by atoms with van der Waals surface area (Å²) in [5.74, 6) is -2.55. The van der Waals surface area contributed by atoms with Gasteiger partial charge in [-0.2, -0.15) is 18.3 Å². The first kappa shape index (κ1) is 23.2. The highest BCUT2D eigenvalue weighted by molar-refractivity contribution is 5.93. The SMILES string of the molecule is Cc1cc(C(=O)N2CC3CCN(Cc4cccnc4)C(=O)C3C2)n[nH]1.O=C(O)C(F)(F)F. The van der Waals surface area contributed by atoms with E-state index in [0.717, 1.165) is 24.2 Å². The molecule has 2 atom stereocenters. The van der Waals surface area contributed by atoms with E-state index >= 15 is 0 Å². The van der Waals surface area contributed by atoms with Crippen molar-refractivity contribution >= 4 is 17.8 Å². The van der Waals surface area contributed by atoms with Gasteiger partial charge in [-0.3, -0.25) is 19.7 Å². The van der Waals surface area contributed by atoms with Gasteiger partial charge >= 0.3 is 12.1 Å². The third-order valence-corrected chi connectivity index (χ3v) is 5.39. The molecule has 12 heteroatoms. The first-order chi connectivity index (χ1) is 15.1. The fraction of sp³-hybridized carbons (Fsp3) is 0.450. The second kappa shape index (κ2) is 9.37. The number of aromatic nitrogens is 3. The molecule has 0 bridgehead atoms. The quantitative estimate of drug-likeness (QED) is 0.732. The molecule has 2 unspecified atom stereocenters. The molecular weight excluding hydrogens is 431 g/mol. The van der Waals surface area contributed by atoms with E-state index in [1.54, 1.807) is 23.4 Å². The molecule has 2 saturated heterocycles. The van der Waals surface area contributed by atoms with E-state index in [1.807, 2.05) is 24.0 Å². The van der Waals surface area contributed by atoms with Gasteiger partial charge in [-0.15, -0.1) is 0 Å². The van der Waals surface area contributed by atoms with Crippen LogP contribution in [0, 0.1) is 18.8 Å². The number of hydrogen-bond donors (Lipinski definition) is 2. The third-order valence-electron chi connectivity index (χ3n) is 5.39. The number of aromatic amines is 1. The summed E-state index contributed by atoms with van der Waals surface area (Å²) in [6.07, 6.45) is -0.626. The molecule has 0 radical (unpaired) electrons. The predicted octanol–water partition coefficient (Wildman–Crippen LogP) is 1.87. The number of halogens is 3. The van der Waals surface area contributed by atoms with Gasteiger partial charge in [-0.25, -0.2) is 4.79 Å². The average molecular weight is 453 g/mol. The number of nitrogens with one attached hydrogen (secondary N) is 1. The molecule has 4 rings (SSSR count). The zero-order valence-corrected chi connectivity index (χ0v) is 17.2. The molecule has 2 amide bonds. The van der Waals surface area contributed by atoms with E-state index in [1.165, 1.54) is 0 Å². The van der Waals surface area contributed by atoms with E-state index in [4.69, 9.17) is 9.90 Å². The standard InChI is InChI=1S/C18H21N5O2.C2HF3O2/c1-12-7-16(21-20-12)18(25)23-10-14-4-6-22(17(24)15(14)11-23)9-13-3-2-5-19-8-13;3-2(4,5)1(6)7/h2-3,5,7-8,14-15H,4,6,9-11H2,1H3,(H,20,21);(H,6,7). The Bertz CT molecular complexity index is 979. The monoisotopic (exact) mass is 453 g/mol. The maximum atomic E-state index is 12.9. The molecule has 172 valence electrons. The lowest BCUT2D eigenvalue weighted by atomic mass is 9.88. The summed E-state index contributed by atoms with van der Waals surface area (Å²) in [5.41, 5.74) is 2.32. The van der Waals surface area contributed by atoms with Gasteiger partial charge in [-0.05, 0) is 37.0 Å². The van der Waals surface area contributed by atoms with Crippen LogP contribution in [0.1, 0.15) is 28.2 Å². The van der Waals surface area contributed by atoms with E-state index in [2.05, 4.69) is 15.2 Å². The van der Waals surface area contributed by atoms with Crippen LogP contribution in [-0.2, 0) is 16.1 Å². The second-order valence-electron chi connectivity index (χ2n) is 7.73. The number of rotatable bonds is 3. The summed E-state index contributed by atoms with van der Waals surface area (Å²) in [5, 5.41) is 14.0. The van der Waals surface area contributed by atoms with E-state index in [-0.39, 0.29) is 23.7 Å². The normalized spacial score (nSPS) is 20.4. The fourth-order valence-electron chi connectivity index (χ4n) is 3.83. The number of aliphatic carboxylic acids is 1. The number of aryl methyl sites for hydroxylation is 1. The molecule has 32 heavy (non-hydrogen) atoms. The van der Waals surface area contributed by atoms with Gasteiger partial charge in [0.25, 0.3) is 5.91 Å². The van der Waals surface area contributed by atoms with Gasteiger partial charge < -0.3 is 14.9 Å². The van der Waals surface area contributed by atoms with Crippen molar-refractivity contribution in [3.8, 4) is 0 Å². The van der Waals surface area contributed by atoms with Crippen LogP contribution in [0.3, 0.4) is 0 Å². The zero-order chi connectivity index (χ0) is 23.5. The minimum absolute atomic E-state index is 0.0923. The molecule has 0 aliphatic carbocycles. The number of carboxylic acids is 1. The van der Waals surface area contributed by atoms with Crippen LogP contribution in [-0.4, -0.2) is 73.7 Å². The van der Waals surface area contributed by atoms with Crippen LogP contribution in [0.2, 0.25) is 0 Å². The van der Waals surface area contributed by atoms with Crippen LogP contribution < -0.4 is 0 Å². The number of piperidine rings is 1. The number of carbonyl (C=O) groups excluding carboxylic acids is 2. The summed E-state index contributed by atoms with van der Waals surface area (Å²) in [6.45, 7) is 4.31. The van der Waals surface area contributed by atoms with Crippen molar-refractivity contribution in [3.63, 3.8) is 0 Å². The second-order valence-corrected chi connectivity index (χ2v) is 7.73. The molecule has 4 heterocycles. The van der Waals surface area contributed by atoms with Crippen LogP contribution in [0.15, 0.2) is 30.6 Å². The fourth-order valence-corrected chi connectivity index (χ4v) is 3.83. The molecule has 9 nitrogen and oxygen atoms in total. The summed E-state index contributed by atoms with van der Waals surface area (Å²) in [4.78, 5) is 42.1. The van der Waals surface area contributed by atoms with E-state index in [9.17, 15) is 22.8 Å². The number of pyridine rings is 1. The van der Waals surface area contributed by atoms with Gasteiger partial charge in [-0.1, -0.05) is 6.07 Å². The average Bonchev–Trinajstić information content (AvgIpc) is 3.37. The highest BCUT2D eigenvalue weighted by Crippen LogP contribution is 2.33. The number of likely N-dealkylation sites (tertiary alicyclic amines) is 2. The Hall–Kier alpha value is -3.44. The Morgan fingerprint density at radius 3 is 2.59 bits per heavy atom. The molecule has 0 saturated carbocycles. The molecule has 2 aromatic heterocycles. The van der Waals surface area contributed by atoms with Crippen LogP contribution >= 0.6 is 0 Å². The third kappa shape index (κ3) is 5.42. The number of alkyl halides is 3. The van der Waals surface area contributed by atoms with Crippen molar-refractivity contribution in [3.05, 3.63) is 47.5 Å². The molecule has 2 N–H and O–H groups in total. The van der Waals surface area contributed by atoms with Crippen molar-refractivity contribution < 1.29 is 32.7 Å².